The summed E-state index contributed by atoms with van der Waals surface area (Å²) in [6.45, 7) is 6.18. The van der Waals surface area contributed by atoms with E-state index in [-0.39, 0.29) is 41.3 Å². The van der Waals surface area contributed by atoms with E-state index >= 15 is 0 Å². The third-order valence-corrected chi connectivity index (χ3v) is 16.3. The lowest BCUT2D eigenvalue weighted by molar-refractivity contribution is -0.141. The molecule has 8 aliphatic rings. The first-order valence-electron chi connectivity index (χ1n) is 27.0. The number of piperazine rings is 2. The van der Waals surface area contributed by atoms with Crippen LogP contribution in [0.15, 0.2) is 36.7 Å². The topological polar surface area (TPSA) is 245 Å². The van der Waals surface area contributed by atoms with Crippen LogP contribution in [0, 0.1) is 34.5 Å². The summed E-state index contributed by atoms with van der Waals surface area (Å²) >= 11 is 0. The number of carbonyl (C=O) groups excluding carboxylic acids is 6. The molecular weight excluding hydrogens is 965 g/mol. The van der Waals surface area contributed by atoms with Crippen molar-refractivity contribution in [1.82, 2.24) is 39.5 Å². The molecule has 2 saturated carbocycles. The maximum atomic E-state index is 13.3. The molecule has 4 saturated heterocycles. The second-order valence-electron chi connectivity index (χ2n) is 21.6. The fourth-order valence-electron chi connectivity index (χ4n) is 11.9. The van der Waals surface area contributed by atoms with Crippen molar-refractivity contribution >= 4 is 59.7 Å². The first-order chi connectivity index (χ1) is 37.1. The van der Waals surface area contributed by atoms with Gasteiger partial charge in [-0.1, -0.05) is 0 Å². The third-order valence-electron chi connectivity index (χ3n) is 16.3. The molecule has 76 heavy (non-hydrogen) atoms. The molecular formula is C56H62N14O6. The van der Waals surface area contributed by atoms with Gasteiger partial charge in [0.2, 0.25) is 11.8 Å². The van der Waals surface area contributed by atoms with Crippen molar-refractivity contribution in [2.24, 2.45) is 11.8 Å². The number of anilines is 4. The van der Waals surface area contributed by atoms with Crippen LogP contribution >= 0.6 is 0 Å². The minimum atomic E-state index is -0.370. The lowest BCUT2D eigenvalue weighted by atomic mass is 10.0. The van der Waals surface area contributed by atoms with Gasteiger partial charge in [0.05, 0.1) is 23.7 Å². The highest BCUT2D eigenvalue weighted by atomic mass is 16.2. The SMILES string of the molecule is N#Cc1cnc(NC(=O)N2CCCc3cc(CN4CC5CCCN5CC4=O)c(C=O)nc32)cc1CC1CC1.N#Cc1cnc(NC(=O)N2CCCc3cc(CN4CCN5CCCC5C4=O)c(C=O)nc32)cc1CC1CC1. The monoisotopic (exact) mass is 1030 g/mol. The van der Waals surface area contributed by atoms with Crippen LogP contribution in [0.25, 0.3) is 0 Å². The fraction of sp³-hybridized carbons (Fsp3) is 0.500. The quantitative estimate of drug-likeness (QED) is 0.159. The number of pyridine rings is 4. The van der Waals surface area contributed by atoms with Gasteiger partial charge < -0.3 is 9.80 Å². The van der Waals surface area contributed by atoms with Gasteiger partial charge in [0, 0.05) is 75.4 Å². The molecule has 12 rings (SSSR count). The molecule has 0 spiro atoms. The number of nitriles is 2. The van der Waals surface area contributed by atoms with Crippen LogP contribution in [0.4, 0.5) is 32.9 Å². The van der Waals surface area contributed by atoms with Crippen LogP contribution in [0.3, 0.4) is 0 Å². The Morgan fingerprint density at radius 1 is 0.618 bits per heavy atom. The highest BCUT2D eigenvalue weighted by Crippen LogP contribution is 2.36. The normalized spacial score (nSPS) is 21.0. The summed E-state index contributed by atoms with van der Waals surface area (Å²) in [5.74, 6) is 3.13. The van der Waals surface area contributed by atoms with Crippen molar-refractivity contribution in [2.75, 3.05) is 72.8 Å². The predicted molar refractivity (Wildman–Crippen MR) is 279 cm³/mol. The molecule has 0 bridgehead atoms. The van der Waals surface area contributed by atoms with Crippen molar-refractivity contribution < 1.29 is 28.8 Å². The zero-order valence-electron chi connectivity index (χ0n) is 42.7. The molecule has 10 heterocycles. The number of hydrogen-bond acceptors (Lipinski definition) is 14. The zero-order valence-corrected chi connectivity index (χ0v) is 42.7. The van der Waals surface area contributed by atoms with Crippen molar-refractivity contribution in [3.05, 3.63) is 92.6 Å². The van der Waals surface area contributed by atoms with Crippen molar-refractivity contribution in [3.63, 3.8) is 0 Å². The summed E-state index contributed by atoms with van der Waals surface area (Å²) in [4.78, 5) is 106. The van der Waals surface area contributed by atoms with E-state index in [0.717, 1.165) is 143 Å². The number of rotatable bonds is 12. The molecule has 4 aromatic heterocycles. The summed E-state index contributed by atoms with van der Waals surface area (Å²) < 4.78 is 0. The Labute approximate surface area is 441 Å². The summed E-state index contributed by atoms with van der Waals surface area (Å²) in [5.41, 5.74) is 6.62. The van der Waals surface area contributed by atoms with Gasteiger partial charge in [-0.05, 0) is 161 Å². The Morgan fingerprint density at radius 2 is 1.14 bits per heavy atom. The Hall–Kier alpha value is -7.68. The standard InChI is InChI=1S/2C28H31N7O3/c29-12-22-13-30-25(11-20(22)9-18-5-6-18)32-28(38)35-8-1-3-19-10-21(24(17-36)31-27(19)35)14-34-15-23-4-2-7-33(23)16-26(34)37;29-14-22-15-30-25(13-20(22)11-18-5-6-18)32-28(38)35-8-1-3-19-12-21(23(17-36)31-26(19)35)16-34-10-9-33-7-2-4-24(33)27(34)37/h10-11,13,17-18,23H,1-9,14-16H2,(H,30,32,38);12-13,15,17-18,24H,1-11,16H2,(H,30,32,38). The Morgan fingerprint density at radius 3 is 1.67 bits per heavy atom. The minimum absolute atomic E-state index is 0.0474. The molecule has 2 N–H and O–H groups in total. The fourth-order valence-corrected chi connectivity index (χ4v) is 11.9. The molecule has 6 fully saturated rings. The molecule has 2 unspecified atom stereocenters. The van der Waals surface area contributed by atoms with E-state index in [2.05, 4.69) is 52.5 Å². The highest BCUT2D eigenvalue weighted by Gasteiger charge is 2.39. The first kappa shape index (κ1) is 50.5. The molecule has 0 aromatic carbocycles. The molecule has 6 aliphatic heterocycles. The molecule has 20 heteroatoms. The average molecular weight is 1030 g/mol. The highest BCUT2D eigenvalue weighted by molar-refractivity contribution is 6.02. The van der Waals surface area contributed by atoms with Crippen molar-refractivity contribution in [3.8, 4) is 12.1 Å². The summed E-state index contributed by atoms with van der Waals surface area (Å²) in [6, 6.07) is 11.4. The Balaban J connectivity index is 0.000000162. The van der Waals surface area contributed by atoms with Crippen LogP contribution in [0.1, 0.15) is 130 Å². The van der Waals surface area contributed by atoms with E-state index in [1.54, 1.807) is 21.9 Å². The number of aromatic nitrogens is 4. The molecule has 20 nitrogen and oxygen atoms in total. The number of amides is 6. The van der Waals surface area contributed by atoms with Gasteiger partial charge in [0.25, 0.3) is 0 Å². The lowest BCUT2D eigenvalue weighted by Gasteiger charge is -2.37. The molecule has 2 aliphatic carbocycles. The van der Waals surface area contributed by atoms with E-state index in [4.69, 9.17) is 0 Å². The largest absolute Gasteiger partial charge is 0.336 e. The van der Waals surface area contributed by atoms with E-state index < -0.39 is 0 Å². The maximum Gasteiger partial charge on any atom is 0.328 e. The van der Waals surface area contributed by atoms with Gasteiger partial charge in [-0.3, -0.25) is 49.4 Å². The number of urea groups is 2. The van der Waals surface area contributed by atoms with Crippen LogP contribution in [-0.2, 0) is 48.4 Å². The van der Waals surface area contributed by atoms with Crippen molar-refractivity contribution in [2.45, 2.75) is 115 Å². The zero-order chi connectivity index (χ0) is 52.5. The van der Waals surface area contributed by atoms with Gasteiger partial charge in [-0.2, -0.15) is 10.5 Å². The van der Waals surface area contributed by atoms with E-state index in [9.17, 15) is 39.3 Å². The molecule has 6 amide bonds. The molecule has 4 aromatic rings. The molecule has 0 radical (unpaired) electrons. The van der Waals surface area contributed by atoms with Gasteiger partial charge in [-0.25, -0.2) is 29.5 Å². The summed E-state index contributed by atoms with van der Waals surface area (Å²) in [7, 11) is 0. The second kappa shape index (κ2) is 21.9. The lowest BCUT2D eigenvalue weighted by Crippen LogP contribution is -2.53. The molecule has 2 atom stereocenters. The number of aryl methyl sites for hydroxylation is 2. The maximum absolute atomic E-state index is 13.3. The Bertz CT molecular complexity index is 2910. The number of fused-ring (bicyclic) bond motifs is 4. The van der Waals surface area contributed by atoms with E-state index in [0.29, 0.717) is 111 Å². The van der Waals surface area contributed by atoms with E-state index in [1.807, 2.05) is 21.9 Å². The van der Waals surface area contributed by atoms with Gasteiger partial charge >= 0.3 is 12.1 Å². The second-order valence-corrected chi connectivity index (χ2v) is 21.6. The molecule has 392 valence electrons. The number of hydrogen-bond donors (Lipinski definition) is 2. The number of nitrogens with zero attached hydrogens (tertiary/aromatic N) is 12. The minimum Gasteiger partial charge on any atom is -0.336 e. The number of carbonyl (C=O) groups is 6. The predicted octanol–water partition coefficient (Wildman–Crippen LogP) is 5.81. The van der Waals surface area contributed by atoms with Crippen LogP contribution < -0.4 is 20.4 Å². The first-order valence-corrected chi connectivity index (χ1v) is 27.0. The van der Waals surface area contributed by atoms with Crippen LogP contribution in [0.2, 0.25) is 0 Å². The summed E-state index contributed by atoms with van der Waals surface area (Å²) in [5, 5.41) is 24.6. The summed E-state index contributed by atoms with van der Waals surface area (Å²) in [6.07, 6.45) is 17.9. The van der Waals surface area contributed by atoms with Gasteiger partial charge in [0.1, 0.15) is 46.8 Å². The van der Waals surface area contributed by atoms with Crippen LogP contribution in [0.5, 0.6) is 0 Å². The number of nitrogens with one attached hydrogen (secondary N) is 2. The van der Waals surface area contributed by atoms with E-state index in [1.165, 1.54) is 12.4 Å². The smallest absolute Gasteiger partial charge is 0.328 e. The van der Waals surface area contributed by atoms with Gasteiger partial charge in [-0.15, -0.1) is 0 Å². The third kappa shape index (κ3) is 10.9. The average Bonchev–Trinajstić information content (AvgIpc) is 4.37. The Kier molecular flexibility index (Phi) is 14.5. The van der Waals surface area contributed by atoms with Gasteiger partial charge in [0.15, 0.2) is 12.6 Å². The number of aldehydes is 2. The van der Waals surface area contributed by atoms with Crippen molar-refractivity contribution in [1.29, 1.82) is 10.5 Å². The van der Waals surface area contributed by atoms with Crippen LogP contribution in [-0.4, -0.2) is 140 Å².